The first kappa shape index (κ1) is 12.3. The SMILES string of the molecule is CC1Oc2ccccc2CC1N(C)C.Cl. The molecule has 0 aliphatic carbocycles. The molecule has 1 aliphatic heterocycles. The highest BCUT2D eigenvalue weighted by molar-refractivity contribution is 5.85. The normalized spacial score (nSPS) is 24.0. The lowest BCUT2D eigenvalue weighted by atomic mass is 9.97. The summed E-state index contributed by atoms with van der Waals surface area (Å²) in [5.74, 6) is 1.05. The molecule has 15 heavy (non-hydrogen) atoms. The molecule has 1 aromatic carbocycles. The van der Waals surface area contributed by atoms with Crippen molar-refractivity contribution in [3.05, 3.63) is 29.8 Å². The molecule has 1 aliphatic rings. The molecule has 1 aromatic rings. The van der Waals surface area contributed by atoms with Crippen LogP contribution >= 0.6 is 12.4 Å². The molecule has 1 heterocycles. The van der Waals surface area contributed by atoms with E-state index in [-0.39, 0.29) is 18.5 Å². The predicted octanol–water partition coefficient (Wildman–Crippen LogP) is 2.36. The molecule has 0 radical (unpaired) electrons. The molecule has 3 heteroatoms. The highest BCUT2D eigenvalue weighted by Gasteiger charge is 2.27. The Morgan fingerprint density at radius 3 is 2.60 bits per heavy atom. The van der Waals surface area contributed by atoms with Crippen LogP contribution in [0.2, 0.25) is 0 Å². The fourth-order valence-electron chi connectivity index (χ4n) is 2.06. The lowest BCUT2D eigenvalue weighted by Gasteiger charge is -2.35. The third-order valence-electron chi connectivity index (χ3n) is 2.92. The summed E-state index contributed by atoms with van der Waals surface area (Å²) in [6, 6.07) is 8.80. The molecule has 84 valence electrons. The van der Waals surface area contributed by atoms with Gasteiger partial charge in [-0.2, -0.15) is 0 Å². The van der Waals surface area contributed by atoms with Gasteiger partial charge in [-0.25, -0.2) is 0 Å². The average Bonchev–Trinajstić information content (AvgIpc) is 2.16. The molecule has 2 nitrogen and oxygen atoms in total. The third-order valence-corrected chi connectivity index (χ3v) is 2.92. The quantitative estimate of drug-likeness (QED) is 0.731. The Balaban J connectivity index is 0.00000112. The first-order valence-electron chi connectivity index (χ1n) is 5.09. The fourth-order valence-corrected chi connectivity index (χ4v) is 2.06. The van der Waals surface area contributed by atoms with Crippen molar-refractivity contribution in [2.24, 2.45) is 0 Å². The molecule has 2 atom stereocenters. The van der Waals surface area contributed by atoms with Crippen LogP contribution in [-0.2, 0) is 6.42 Å². The molecule has 0 amide bonds. The molecule has 2 rings (SSSR count). The van der Waals surface area contributed by atoms with Gasteiger partial charge in [-0.15, -0.1) is 12.4 Å². The maximum atomic E-state index is 5.86. The summed E-state index contributed by atoms with van der Waals surface area (Å²) in [5, 5.41) is 0. The molecule has 0 bridgehead atoms. The van der Waals surface area contributed by atoms with E-state index in [1.165, 1.54) is 5.56 Å². The van der Waals surface area contributed by atoms with Gasteiger partial charge in [-0.05, 0) is 39.1 Å². The Kier molecular flexibility index (Phi) is 4.00. The highest BCUT2D eigenvalue weighted by Crippen LogP contribution is 2.28. The number of para-hydroxylation sites is 1. The van der Waals surface area contributed by atoms with E-state index >= 15 is 0 Å². The van der Waals surface area contributed by atoms with Gasteiger partial charge in [0.25, 0.3) is 0 Å². The monoisotopic (exact) mass is 227 g/mol. The van der Waals surface area contributed by atoms with Crippen molar-refractivity contribution in [3.8, 4) is 5.75 Å². The van der Waals surface area contributed by atoms with Gasteiger partial charge in [0.05, 0.1) is 0 Å². The first-order chi connectivity index (χ1) is 6.68. The lowest BCUT2D eigenvalue weighted by Crippen LogP contribution is -2.44. The van der Waals surface area contributed by atoms with E-state index in [9.17, 15) is 0 Å². The van der Waals surface area contributed by atoms with Gasteiger partial charge < -0.3 is 9.64 Å². The molecule has 0 saturated carbocycles. The van der Waals surface area contributed by atoms with Crippen molar-refractivity contribution in [2.45, 2.75) is 25.5 Å². The van der Waals surface area contributed by atoms with Crippen LogP contribution < -0.4 is 4.74 Å². The van der Waals surface area contributed by atoms with Gasteiger partial charge in [0, 0.05) is 6.04 Å². The number of hydrogen-bond acceptors (Lipinski definition) is 2. The van der Waals surface area contributed by atoms with Crippen molar-refractivity contribution in [1.29, 1.82) is 0 Å². The minimum absolute atomic E-state index is 0. The van der Waals surface area contributed by atoms with E-state index in [0.29, 0.717) is 6.04 Å². The maximum absolute atomic E-state index is 5.86. The van der Waals surface area contributed by atoms with Crippen molar-refractivity contribution in [3.63, 3.8) is 0 Å². The number of halogens is 1. The summed E-state index contributed by atoms with van der Waals surface area (Å²) >= 11 is 0. The van der Waals surface area contributed by atoms with Crippen molar-refractivity contribution >= 4 is 12.4 Å². The molecule has 0 saturated heterocycles. The number of fused-ring (bicyclic) bond motifs is 1. The second-order valence-electron chi connectivity index (χ2n) is 4.17. The van der Waals surface area contributed by atoms with E-state index in [4.69, 9.17) is 4.74 Å². The minimum Gasteiger partial charge on any atom is -0.489 e. The second kappa shape index (κ2) is 4.86. The van der Waals surface area contributed by atoms with Crippen LogP contribution in [0.25, 0.3) is 0 Å². The summed E-state index contributed by atoms with van der Waals surface area (Å²) < 4.78 is 5.86. The molecule has 0 spiro atoms. The van der Waals surface area contributed by atoms with Gasteiger partial charge in [-0.3, -0.25) is 0 Å². The van der Waals surface area contributed by atoms with Crippen LogP contribution in [0.3, 0.4) is 0 Å². The predicted molar refractivity (Wildman–Crippen MR) is 65.0 cm³/mol. The average molecular weight is 228 g/mol. The minimum atomic E-state index is 0. The summed E-state index contributed by atoms with van der Waals surface area (Å²) in [7, 11) is 4.22. The maximum Gasteiger partial charge on any atom is 0.123 e. The zero-order valence-corrected chi connectivity index (χ0v) is 10.3. The van der Waals surface area contributed by atoms with Crippen LogP contribution in [-0.4, -0.2) is 31.1 Å². The van der Waals surface area contributed by atoms with Crippen LogP contribution in [0.15, 0.2) is 24.3 Å². The number of hydrogen-bond donors (Lipinski definition) is 0. The van der Waals surface area contributed by atoms with E-state index < -0.39 is 0 Å². The lowest BCUT2D eigenvalue weighted by molar-refractivity contribution is 0.0927. The number of rotatable bonds is 1. The summed E-state index contributed by atoms with van der Waals surface area (Å²) in [4.78, 5) is 2.24. The van der Waals surface area contributed by atoms with Crippen LogP contribution in [0.5, 0.6) is 5.75 Å². The Bertz CT molecular complexity index is 327. The third kappa shape index (κ3) is 2.44. The highest BCUT2D eigenvalue weighted by atomic mass is 35.5. The Hall–Kier alpha value is -0.730. The number of ether oxygens (including phenoxy) is 1. The first-order valence-corrected chi connectivity index (χ1v) is 5.09. The van der Waals surface area contributed by atoms with E-state index in [2.05, 4.69) is 44.1 Å². The largest absolute Gasteiger partial charge is 0.489 e. The van der Waals surface area contributed by atoms with Crippen molar-refractivity contribution in [2.75, 3.05) is 14.1 Å². The van der Waals surface area contributed by atoms with Gasteiger partial charge >= 0.3 is 0 Å². The van der Waals surface area contributed by atoms with E-state index in [1.807, 2.05) is 6.07 Å². The second-order valence-corrected chi connectivity index (χ2v) is 4.17. The van der Waals surface area contributed by atoms with Crippen LogP contribution in [0.1, 0.15) is 12.5 Å². The van der Waals surface area contributed by atoms with E-state index in [0.717, 1.165) is 12.2 Å². The van der Waals surface area contributed by atoms with E-state index in [1.54, 1.807) is 0 Å². The molecule has 2 unspecified atom stereocenters. The Morgan fingerprint density at radius 1 is 1.27 bits per heavy atom. The summed E-state index contributed by atoms with van der Waals surface area (Å²) in [6.07, 6.45) is 1.37. The van der Waals surface area contributed by atoms with Gasteiger partial charge in [0.1, 0.15) is 11.9 Å². The van der Waals surface area contributed by atoms with Gasteiger partial charge in [0.2, 0.25) is 0 Å². The Morgan fingerprint density at radius 2 is 1.93 bits per heavy atom. The van der Waals surface area contributed by atoms with Gasteiger partial charge in [-0.1, -0.05) is 18.2 Å². The van der Waals surface area contributed by atoms with Crippen molar-refractivity contribution < 1.29 is 4.74 Å². The topological polar surface area (TPSA) is 12.5 Å². The molecule has 0 aromatic heterocycles. The van der Waals surface area contributed by atoms with Crippen molar-refractivity contribution in [1.82, 2.24) is 4.90 Å². The smallest absolute Gasteiger partial charge is 0.123 e. The Labute approximate surface area is 97.6 Å². The fraction of sp³-hybridized carbons (Fsp3) is 0.500. The zero-order chi connectivity index (χ0) is 10.1. The summed E-state index contributed by atoms with van der Waals surface area (Å²) in [5.41, 5.74) is 1.32. The number of nitrogens with zero attached hydrogens (tertiary/aromatic N) is 1. The van der Waals surface area contributed by atoms with Crippen LogP contribution in [0.4, 0.5) is 0 Å². The number of benzene rings is 1. The molecular weight excluding hydrogens is 210 g/mol. The standard InChI is InChI=1S/C12H17NO.ClH/c1-9-11(13(2)3)8-10-6-4-5-7-12(10)14-9;/h4-7,9,11H,8H2,1-3H3;1H. The van der Waals surface area contributed by atoms with Crippen LogP contribution in [0, 0.1) is 0 Å². The van der Waals surface area contributed by atoms with Gasteiger partial charge in [0.15, 0.2) is 0 Å². The summed E-state index contributed by atoms with van der Waals surface area (Å²) in [6.45, 7) is 2.14. The molecule has 0 fully saturated rings. The molecule has 0 N–H and O–H groups in total. The zero-order valence-electron chi connectivity index (χ0n) is 9.43. The molecular formula is C12H18ClNO. The number of likely N-dealkylation sites (N-methyl/N-ethyl adjacent to an activating group) is 1.